The predicted molar refractivity (Wildman–Crippen MR) is 217 cm³/mol. The van der Waals surface area contributed by atoms with Crippen molar-refractivity contribution in [1.82, 2.24) is 0 Å². The number of ether oxygens (including phenoxy) is 5. The number of rotatable bonds is 20. The van der Waals surface area contributed by atoms with E-state index in [2.05, 4.69) is 37.9 Å². The molecule has 0 bridgehead atoms. The summed E-state index contributed by atoms with van der Waals surface area (Å²) in [6.45, 7) is 4.07. The number of carboxylic acids is 2. The summed E-state index contributed by atoms with van der Waals surface area (Å²) < 4.78 is 211. The second kappa shape index (κ2) is 30.3. The van der Waals surface area contributed by atoms with E-state index < -0.39 is 159 Å². The maximum atomic E-state index is 13.6. The number of hydrogen-bond acceptors (Lipinski definition) is 14. The number of halogens is 12. The minimum absolute atomic E-state index is 0.0441. The summed E-state index contributed by atoms with van der Waals surface area (Å²) in [6.07, 6.45) is -3.87. The van der Waals surface area contributed by atoms with Crippen LogP contribution >= 0.6 is 26.9 Å². The molecule has 0 amide bonds. The van der Waals surface area contributed by atoms with Crippen molar-refractivity contribution in [1.29, 1.82) is 3.84 Å². The van der Waals surface area contributed by atoms with E-state index >= 15 is 0 Å². The molecule has 3 aromatic carbocycles. The highest BCUT2D eigenvalue weighted by molar-refractivity contribution is 7.04. The lowest BCUT2D eigenvalue weighted by molar-refractivity contribution is -0.161. The Labute approximate surface area is 392 Å². The molecule has 5 atom stereocenters. The van der Waals surface area contributed by atoms with Crippen LogP contribution in [0.3, 0.4) is 0 Å². The van der Waals surface area contributed by atoms with E-state index in [0.717, 1.165) is 14.2 Å². The van der Waals surface area contributed by atoms with Crippen molar-refractivity contribution in [2.45, 2.75) is 70.4 Å². The number of carbonyl (C=O) groups is 6. The van der Waals surface area contributed by atoms with Gasteiger partial charge in [0.25, 0.3) is 12.2 Å². The molecular weight excluding hydrogens is 1030 g/mol. The van der Waals surface area contributed by atoms with Gasteiger partial charge in [0.1, 0.15) is 22.5 Å². The van der Waals surface area contributed by atoms with Gasteiger partial charge in [0.05, 0.1) is 14.2 Å². The Bertz CT molecular complexity index is 2430. The molecule has 0 aliphatic carbocycles. The first kappa shape index (κ1) is 57.1. The van der Waals surface area contributed by atoms with Gasteiger partial charge in [-0.2, -0.15) is 26.3 Å². The molecule has 0 spiro atoms. The number of hydrogen-bond donors (Lipinski definition) is 2. The summed E-state index contributed by atoms with van der Waals surface area (Å²) >= 11 is 0. The van der Waals surface area contributed by atoms with Gasteiger partial charge in [-0.1, -0.05) is 20.8 Å². The molecule has 2 N–H and O–H groups in total. The van der Waals surface area contributed by atoms with Crippen molar-refractivity contribution >= 4 is 62.4 Å². The average Bonchev–Trinajstić information content (AvgIpc) is 3.34. The molecule has 69 heavy (non-hydrogen) atoms. The zero-order valence-electron chi connectivity index (χ0n) is 38.6. The standard InChI is InChI=1S/C13H12F4NO4P.C11H10F4NO2P.C10H6F4O5.C4H8NO2P/c1-3-7(18-23)10(19)12(13(20)21-2)22-11-8(16)5(14)4-6(15)9(11)17;1-2-7(16-19)8(17)4-18-11-9(14)5(12)3-6(13)10(11)15;1-18-10(17)8(9(15)16)19-7-5(13)3(11)2-4(12)6(7)14;1-2-3(5-8)4(6)7/h4,7,12,23H,3H2,1-2H3;3,7,19H,2,4H2,1H3;2,8H,1H3,(H,15,16);3,8H,2H2,1H3,(H,6,7)/t7-,12?;7-;;3-/m00.0/s1/i23D;19D;;8D. The number of methoxy groups -OCH3 is 2. The number of Topliss-reactive ketones (excluding diaryl/α,β-unsaturated/α-hetero) is 2. The topological polar surface area (TPSA) is 226 Å². The third-order valence-electron chi connectivity index (χ3n) is 7.92. The highest BCUT2D eigenvalue weighted by Gasteiger charge is 2.37. The Morgan fingerprint density at radius 2 is 0.841 bits per heavy atom. The first-order valence-corrected chi connectivity index (χ1v) is 19.6. The van der Waals surface area contributed by atoms with Gasteiger partial charge in [-0.25, -0.2) is 45.5 Å². The van der Waals surface area contributed by atoms with Gasteiger partial charge in [0, 0.05) is 18.2 Å². The Kier molecular flexibility index (Phi) is 25.0. The molecule has 0 fully saturated rings. The number of aliphatic carboxylic acids is 2. The van der Waals surface area contributed by atoms with E-state index in [1.54, 1.807) is 13.8 Å². The second-order valence-corrected chi connectivity index (χ2v) is 13.1. The van der Waals surface area contributed by atoms with Gasteiger partial charge in [0.2, 0.25) is 40.7 Å². The molecule has 3 aromatic rings. The van der Waals surface area contributed by atoms with Crippen LogP contribution in [0.4, 0.5) is 52.7 Å². The highest BCUT2D eigenvalue weighted by Crippen LogP contribution is 2.30. The lowest BCUT2D eigenvalue weighted by atomic mass is 10.1. The lowest BCUT2D eigenvalue weighted by Gasteiger charge is -2.19. The van der Waals surface area contributed by atoms with Gasteiger partial charge in [-0.05, 0) is 46.2 Å². The molecule has 0 saturated heterocycles. The van der Waals surface area contributed by atoms with Gasteiger partial charge in [0.15, 0.2) is 64.0 Å². The van der Waals surface area contributed by atoms with Gasteiger partial charge < -0.3 is 33.9 Å². The third-order valence-corrected chi connectivity index (χ3v) is 8.76. The first-order chi connectivity index (χ1) is 33.7. The fraction of sp³-hybridized carbons (Fsp3) is 0.368. The number of esters is 2. The minimum Gasteiger partial charge on any atom is -0.480 e. The third kappa shape index (κ3) is 18.0. The quantitative estimate of drug-likeness (QED) is 0.0356. The van der Waals surface area contributed by atoms with E-state index in [-0.39, 0.29) is 58.0 Å². The van der Waals surface area contributed by atoms with Crippen LogP contribution < -0.4 is 14.2 Å². The number of benzene rings is 3. The van der Waals surface area contributed by atoms with Crippen LogP contribution in [0.5, 0.6) is 17.2 Å². The molecule has 0 aromatic heterocycles. The van der Waals surface area contributed by atoms with Crippen molar-refractivity contribution in [3.05, 3.63) is 88.0 Å². The molecule has 0 aliphatic heterocycles. The molecule has 3 rings (SSSR count). The van der Waals surface area contributed by atoms with E-state index in [4.69, 9.17) is 14.0 Å². The number of nitrogens with zero attached hydrogens (tertiary/aromatic N) is 3. The average molecular weight is 1070 g/mol. The number of carboxylic acid groups (broad SMARTS) is 2. The highest BCUT2D eigenvalue weighted by atomic mass is 31.0. The van der Waals surface area contributed by atoms with Crippen LogP contribution in [0.25, 0.3) is 0 Å². The van der Waals surface area contributed by atoms with E-state index in [1.807, 2.05) is 0 Å². The summed E-state index contributed by atoms with van der Waals surface area (Å²) in [7, 11) is 1.32. The largest absolute Gasteiger partial charge is 0.480 e. The van der Waals surface area contributed by atoms with Crippen LogP contribution in [0.15, 0.2) is 32.4 Å². The molecule has 0 heterocycles. The summed E-state index contributed by atoms with van der Waals surface area (Å²) in [5.74, 6) is -33.5. The molecule has 0 aliphatic rings. The smallest absolute Gasteiger partial charge is 0.359 e. The maximum Gasteiger partial charge on any atom is 0.359 e. The number of ketones is 2. The van der Waals surface area contributed by atoms with Crippen molar-refractivity contribution in [3.8, 4) is 17.2 Å². The maximum absolute atomic E-state index is 13.6. The van der Waals surface area contributed by atoms with Crippen molar-refractivity contribution in [2.75, 3.05) is 20.8 Å². The van der Waals surface area contributed by atoms with Crippen LogP contribution in [0, 0.1) is 69.8 Å². The second-order valence-electron chi connectivity index (χ2n) is 12.4. The van der Waals surface area contributed by atoms with E-state index in [9.17, 15) is 81.5 Å². The zero-order valence-corrected chi connectivity index (χ0v) is 38.2. The van der Waals surface area contributed by atoms with Crippen LogP contribution in [0.1, 0.15) is 40.0 Å². The normalized spacial score (nSPS) is 13.6. The van der Waals surface area contributed by atoms with Crippen LogP contribution in [-0.2, 0) is 38.2 Å². The van der Waals surface area contributed by atoms with E-state index in [0.29, 0.717) is 6.42 Å². The summed E-state index contributed by atoms with van der Waals surface area (Å²) in [4.78, 5) is 67.3. The SMILES string of the molecule is COC(=O)C(Oc1c(F)c(F)cc(F)c1F)C(=O)O.[2H]P=N[C@@H](CC)C(=O)C(Oc1c(F)c(F)cc(F)c1F)C(=O)OC.[2H]P=N[C@@H](CC)C(=O)COc1c(F)c(F)cc(F)c1F.[2H]P=N[C@@H](CC)C(=O)O. The van der Waals surface area contributed by atoms with Gasteiger partial charge in [-0.15, -0.1) is 0 Å². The molecular formula is C38H36F12N3O13P3. The van der Waals surface area contributed by atoms with Crippen molar-refractivity contribution in [2.24, 2.45) is 14.2 Å². The molecule has 380 valence electrons. The van der Waals surface area contributed by atoms with Crippen molar-refractivity contribution < 1.29 is 115 Å². The lowest BCUT2D eigenvalue weighted by Crippen LogP contribution is -2.42. The van der Waals surface area contributed by atoms with Crippen molar-refractivity contribution in [3.63, 3.8) is 0 Å². The minimum atomic E-state index is -2.46. The Morgan fingerprint density at radius 3 is 1.14 bits per heavy atom. The molecule has 0 radical (unpaired) electrons. The van der Waals surface area contributed by atoms with Crippen LogP contribution in [-0.4, -0.2) is 101 Å². The Hall–Kier alpha value is -6.26. The fourth-order valence-electron chi connectivity index (χ4n) is 4.29. The first-order valence-electron chi connectivity index (χ1n) is 19.7. The number of carbonyl (C=O) groups excluding carboxylic acids is 4. The zero-order chi connectivity index (χ0) is 55.7. The fourth-order valence-corrected chi connectivity index (χ4v) is 5.12. The molecule has 0 saturated carbocycles. The van der Waals surface area contributed by atoms with Gasteiger partial charge in [-0.3, -0.25) is 23.8 Å². The van der Waals surface area contributed by atoms with E-state index in [1.165, 1.54) is 6.92 Å². The molecule has 2 unspecified atom stereocenters. The summed E-state index contributed by atoms with van der Waals surface area (Å²) in [5, 5.41) is 16.9. The molecule has 31 heteroatoms. The predicted octanol–water partition coefficient (Wildman–Crippen LogP) is 8.56. The Balaban J connectivity index is 0.000000973. The van der Waals surface area contributed by atoms with Crippen LogP contribution in [0.2, 0.25) is 0 Å². The molecule has 16 nitrogen and oxygen atoms in total. The summed E-state index contributed by atoms with van der Waals surface area (Å²) in [6, 6.07) is -2.84. The Morgan fingerprint density at radius 1 is 0.522 bits per heavy atom. The van der Waals surface area contributed by atoms with Gasteiger partial charge >= 0.3 is 23.9 Å². The monoisotopic (exact) mass is 1070 g/mol. The summed E-state index contributed by atoms with van der Waals surface area (Å²) in [5.41, 5.74) is 0.